The number of rotatable bonds is 3. The second-order valence-electron chi connectivity index (χ2n) is 4.42. The number of amides is 1. The van der Waals surface area contributed by atoms with Crippen molar-refractivity contribution in [2.24, 2.45) is 0 Å². The van der Waals surface area contributed by atoms with Crippen molar-refractivity contribution in [3.63, 3.8) is 0 Å². The van der Waals surface area contributed by atoms with E-state index in [0.717, 1.165) is 32.5 Å². The lowest BCUT2D eigenvalue weighted by Gasteiger charge is -2.34. The third-order valence-electron chi connectivity index (χ3n) is 2.64. The van der Waals surface area contributed by atoms with Crippen molar-refractivity contribution in [1.82, 2.24) is 4.90 Å². The molecule has 0 aromatic carbocycles. The van der Waals surface area contributed by atoms with E-state index in [9.17, 15) is 4.79 Å². The summed E-state index contributed by atoms with van der Waals surface area (Å²) < 4.78 is 5.11. The quantitative estimate of drug-likeness (QED) is 0.741. The summed E-state index contributed by atoms with van der Waals surface area (Å²) in [6.07, 6.45) is 2.27. The minimum absolute atomic E-state index is 0.178. The number of likely N-dealkylation sites (tertiary alicyclic amines) is 1. The van der Waals surface area contributed by atoms with Crippen LogP contribution in [0.15, 0.2) is 0 Å². The topological polar surface area (TPSA) is 29.5 Å². The highest BCUT2D eigenvalue weighted by Crippen LogP contribution is 2.22. The van der Waals surface area contributed by atoms with Crippen LogP contribution < -0.4 is 0 Å². The van der Waals surface area contributed by atoms with Crippen molar-refractivity contribution in [1.29, 1.82) is 0 Å². The van der Waals surface area contributed by atoms with Gasteiger partial charge in [0.15, 0.2) is 0 Å². The third-order valence-corrected chi connectivity index (χ3v) is 2.98. The lowest BCUT2D eigenvalue weighted by atomic mass is 10.1. The molecule has 0 bridgehead atoms. The Hall–Kier alpha value is -0.0900. The summed E-state index contributed by atoms with van der Waals surface area (Å²) in [5.74, 6) is 0.178. The predicted molar refractivity (Wildman–Crippen MR) is 64.2 cm³/mol. The Labute approximate surface area is 100 Å². The van der Waals surface area contributed by atoms with Crippen LogP contribution in [0.2, 0.25) is 0 Å². The van der Waals surface area contributed by atoms with Crippen molar-refractivity contribution in [2.45, 2.75) is 44.0 Å². The minimum Gasteiger partial charge on any atom is -0.378 e. The maximum absolute atomic E-state index is 11.9. The van der Waals surface area contributed by atoms with Gasteiger partial charge in [-0.25, -0.2) is 0 Å². The van der Waals surface area contributed by atoms with Crippen LogP contribution in [0.25, 0.3) is 0 Å². The monoisotopic (exact) mass is 277 g/mol. The molecule has 3 nitrogen and oxygen atoms in total. The van der Waals surface area contributed by atoms with Gasteiger partial charge in [-0.1, -0.05) is 15.9 Å². The molecule has 1 rings (SSSR count). The van der Waals surface area contributed by atoms with E-state index in [0.29, 0.717) is 6.10 Å². The van der Waals surface area contributed by atoms with Crippen LogP contribution in [0.4, 0.5) is 0 Å². The molecule has 0 spiro atoms. The normalized spacial score (nSPS) is 19.3. The number of nitrogens with zero attached hydrogens (tertiary/aromatic N) is 1. The van der Waals surface area contributed by atoms with Crippen LogP contribution in [0.1, 0.15) is 33.6 Å². The molecule has 1 aliphatic rings. The summed E-state index contributed by atoms with van der Waals surface area (Å²) >= 11 is 3.40. The van der Waals surface area contributed by atoms with E-state index in [2.05, 4.69) is 15.9 Å². The molecule has 4 heteroatoms. The van der Waals surface area contributed by atoms with E-state index in [4.69, 9.17) is 4.74 Å². The van der Waals surface area contributed by atoms with Crippen LogP contribution in [-0.4, -0.2) is 40.9 Å². The van der Waals surface area contributed by atoms with Gasteiger partial charge in [0.05, 0.1) is 10.4 Å². The zero-order valence-electron chi connectivity index (χ0n) is 9.75. The van der Waals surface area contributed by atoms with Gasteiger partial charge in [0.1, 0.15) is 0 Å². The highest BCUT2D eigenvalue weighted by molar-refractivity contribution is 9.10. The zero-order valence-corrected chi connectivity index (χ0v) is 11.3. The van der Waals surface area contributed by atoms with E-state index in [1.165, 1.54) is 0 Å². The first-order chi connectivity index (χ1) is 6.95. The van der Waals surface area contributed by atoms with Gasteiger partial charge in [-0.05, 0) is 33.6 Å². The van der Waals surface area contributed by atoms with Crippen LogP contribution >= 0.6 is 15.9 Å². The van der Waals surface area contributed by atoms with Crippen LogP contribution in [0.5, 0.6) is 0 Å². The molecule has 1 saturated heterocycles. The summed E-state index contributed by atoms with van der Waals surface area (Å²) in [6.45, 7) is 8.20. The zero-order chi connectivity index (χ0) is 11.5. The van der Waals surface area contributed by atoms with Gasteiger partial charge in [-0.15, -0.1) is 0 Å². The Bertz CT molecular complexity index is 217. The molecule has 0 aromatic heterocycles. The Balaban J connectivity index is 2.41. The fourth-order valence-corrected chi connectivity index (χ4v) is 2.09. The number of halogens is 1. The number of ether oxygens (including phenoxy) is 1. The smallest absolute Gasteiger partial charge is 0.238 e. The van der Waals surface area contributed by atoms with Crippen molar-refractivity contribution in [3.8, 4) is 0 Å². The number of carbonyl (C=O) groups excluding carboxylic acids is 1. The molecule has 15 heavy (non-hydrogen) atoms. The number of piperidine rings is 1. The Morgan fingerprint density at radius 2 is 2.00 bits per heavy atom. The molecule has 0 aliphatic carbocycles. The lowest BCUT2D eigenvalue weighted by Crippen LogP contribution is -2.47. The first-order valence-electron chi connectivity index (χ1n) is 5.55. The average Bonchev–Trinajstić information content (AvgIpc) is 2.17. The first-order valence-corrected chi connectivity index (χ1v) is 6.34. The van der Waals surface area contributed by atoms with Crippen molar-refractivity contribution < 1.29 is 9.53 Å². The highest BCUT2D eigenvalue weighted by Gasteiger charge is 2.31. The Morgan fingerprint density at radius 1 is 1.47 bits per heavy atom. The summed E-state index contributed by atoms with van der Waals surface area (Å²) in [4.78, 5) is 13.8. The van der Waals surface area contributed by atoms with Gasteiger partial charge >= 0.3 is 0 Å². The number of hydrogen-bond donors (Lipinski definition) is 0. The molecule has 1 fully saturated rings. The van der Waals surface area contributed by atoms with Crippen LogP contribution in [0, 0.1) is 0 Å². The molecule has 0 unspecified atom stereocenters. The molecular formula is C11H20BrNO2. The molecule has 88 valence electrons. The van der Waals surface area contributed by atoms with E-state index in [1.54, 1.807) is 0 Å². The van der Waals surface area contributed by atoms with E-state index >= 15 is 0 Å². The maximum Gasteiger partial charge on any atom is 0.238 e. The summed E-state index contributed by atoms with van der Waals surface area (Å²) in [7, 11) is 0. The highest BCUT2D eigenvalue weighted by atomic mass is 79.9. The molecule has 0 aromatic rings. The largest absolute Gasteiger partial charge is 0.378 e. The standard InChI is InChI=1S/C11H20BrNO2/c1-4-15-9-5-7-13(8-6-9)10(14)11(2,3)12/h9H,4-8H2,1-3H3. The first kappa shape index (κ1) is 13.0. The molecule has 1 amide bonds. The average molecular weight is 278 g/mol. The molecule has 1 heterocycles. The number of carbonyl (C=O) groups is 1. The van der Waals surface area contributed by atoms with Crippen molar-refractivity contribution in [2.75, 3.05) is 19.7 Å². The molecule has 0 radical (unpaired) electrons. The van der Waals surface area contributed by atoms with Crippen molar-refractivity contribution >= 4 is 21.8 Å². The molecule has 0 atom stereocenters. The summed E-state index contributed by atoms with van der Waals surface area (Å²) in [5.41, 5.74) is 0. The van der Waals surface area contributed by atoms with Gasteiger partial charge < -0.3 is 9.64 Å². The molecule has 1 aliphatic heterocycles. The SMILES string of the molecule is CCOC1CCN(C(=O)C(C)(C)Br)CC1. The molecular weight excluding hydrogens is 258 g/mol. The molecule has 0 N–H and O–H groups in total. The van der Waals surface area contributed by atoms with Crippen molar-refractivity contribution in [3.05, 3.63) is 0 Å². The van der Waals surface area contributed by atoms with Crippen LogP contribution in [-0.2, 0) is 9.53 Å². The minimum atomic E-state index is -0.439. The van der Waals surface area contributed by atoms with Gasteiger partial charge in [0.25, 0.3) is 0 Å². The Morgan fingerprint density at radius 3 is 2.40 bits per heavy atom. The van der Waals surface area contributed by atoms with E-state index < -0.39 is 4.32 Å². The predicted octanol–water partition coefficient (Wildman–Crippen LogP) is 2.19. The van der Waals surface area contributed by atoms with Gasteiger partial charge in [0.2, 0.25) is 5.91 Å². The van der Waals surface area contributed by atoms with Gasteiger partial charge in [0, 0.05) is 19.7 Å². The maximum atomic E-state index is 11.9. The lowest BCUT2D eigenvalue weighted by molar-refractivity contribution is -0.135. The van der Waals surface area contributed by atoms with Gasteiger partial charge in [-0.2, -0.15) is 0 Å². The number of hydrogen-bond acceptors (Lipinski definition) is 2. The fraction of sp³-hybridized carbons (Fsp3) is 0.909. The van der Waals surface area contributed by atoms with E-state index in [-0.39, 0.29) is 5.91 Å². The summed E-state index contributed by atoms with van der Waals surface area (Å²) in [5, 5.41) is 0. The van der Waals surface area contributed by atoms with E-state index in [1.807, 2.05) is 25.7 Å². The third kappa shape index (κ3) is 3.76. The Kier molecular flexibility index (Phi) is 4.59. The van der Waals surface area contributed by atoms with Gasteiger partial charge in [-0.3, -0.25) is 4.79 Å². The second kappa shape index (κ2) is 5.30. The fourth-order valence-electron chi connectivity index (χ4n) is 1.84. The second-order valence-corrected chi connectivity index (χ2v) is 6.40. The number of alkyl halides is 1. The van der Waals surface area contributed by atoms with Crippen LogP contribution in [0.3, 0.4) is 0 Å². The molecule has 0 saturated carbocycles. The summed E-state index contributed by atoms with van der Waals surface area (Å²) in [6, 6.07) is 0.